The van der Waals surface area contributed by atoms with Crippen molar-refractivity contribution in [3.8, 4) is 0 Å². The van der Waals surface area contributed by atoms with E-state index in [1.54, 1.807) is 0 Å². The van der Waals surface area contributed by atoms with Crippen LogP contribution in [0.4, 0.5) is 28.0 Å². The topological polar surface area (TPSA) is 61.4 Å². The van der Waals surface area contributed by atoms with Gasteiger partial charge in [0.2, 0.25) is 0 Å². The fourth-order valence-electron chi connectivity index (χ4n) is 1.90. The molecule has 1 atom stereocenters. The molecule has 0 heterocycles. The molecule has 1 unspecified atom stereocenters. The largest absolute Gasteiger partial charge is 0.386 e. The van der Waals surface area contributed by atoms with Gasteiger partial charge in [-0.1, -0.05) is 12.1 Å². The third-order valence-corrected chi connectivity index (χ3v) is 2.99. The zero-order chi connectivity index (χ0) is 17.0. The van der Waals surface area contributed by atoms with Crippen LogP contribution in [0.3, 0.4) is 0 Å². The number of hydrogen-bond donors (Lipinski definition) is 3. The summed E-state index contributed by atoms with van der Waals surface area (Å²) < 4.78 is 53.6. The number of benzene rings is 2. The first kappa shape index (κ1) is 16.8. The maximum atomic E-state index is 13.5. The lowest BCUT2D eigenvalue weighted by Crippen LogP contribution is -2.33. The Morgan fingerprint density at radius 3 is 1.96 bits per heavy atom. The van der Waals surface area contributed by atoms with Crippen LogP contribution in [0.1, 0.15) is 11.7 Å². The molecule has 2 aromatic carbocycles. The highest BCUT2D eigenvalue weighted by molar-refractivity contribution is 5.89. The molecule has 23 heavy (non-hydrogen) atoms. The lowest BCUT2D eigenvalue weighted by Gasteiger charge is -2.14. The van der Waals surface area contributed by atoms with E-state index >= 15 is 0 Å². The van der Waals surface area contributed by atoms with E-state index in [4.69, 9.17) is 0 Å². The highest BCUT2D eigenvalue weighted by atomic mass is 19.1. The minimum Gasteiger partial charge on any atom is -0.386 e. The SMILES string of the molecule is O=C(NCC(O)c1c(F)cccc1F)Nc1c(F)cccc1F. The number of rotatable bonds is 4. The van der Waals surface area contributed by atoms with Crippen LogP contribution in [-0.4, -0.2) is 17.7 Å². The van der Waals surface area contributed by atoms with E-state index in [1.807, 2.05) is 5.32 Å². The Labute approximate surface area is 128 Å². The van der Waals surface area contributed by atoms with E-state index in [0.717, 1.165) is 36.4 Å². The molecule has 122 valence electrons. The van der Waals surface area contributed by atoms with Crippen molar-refractivity contribution >= 4 is 11.7 Å². The number of nitrogens with one attached hydrogen (secondary N) is 2. The van der Waals surface area contributed by atoms with Gasteiger partial charge in [0.15, 0.2) is 0 Å². The second-order valence-electron chi connectivity index (χ2n) is 4.58. The number of amides is 2. The number of halogens is 4. The molecule has 0 fully saturated rings. The van der Waals surface area contributed by atoms with Gasteiger partial charge >= 0.3 is 6.03 Å². The van der Waals surface area contributed by atoms with Gasteiger partial charge in [0.1, 0.15) is 35.1 Å². The van der Waals surface area contributed by atoms with Crippen molar-refractivity contribution in [1.29, 1.82) is 0 Å². The van der Waals surface area contributed by atoms with Gasteiger partial charge in [0, 0.05) is 6.54 Å². The van der Waals surface area contributed by atoms with Gasteiger partial charge in [-0.2, -0.15) is 0 Å². The summed E-state index contributed by atoms with van der Waals surface area (Å²) in [6.07, 6.45) is -1.66. The normalized spacial score (nSPS) is 11.9. The van der Waals surface area contributed by atoms with E-state index in [0.29, 0.717) is 0 Å². The van der Waals surface area contributed by atoms with Gasteiger partial charge < -0.3 is 15.7 Å². The van der Waals surface area contributed by atoms with Gasteiger partial charge in [-0.25, -0.2) is 22.4 Å². The molecular weight excluding hydrogens is 316 g/mol. The standard InChI is InChI=1S/C15H12F4N2O2/c16-8-3-1-4-9(17)13(8)12(22)7-20-15(23)21-14-10(18)5-2-6-11(14)19/h1-6,12,22H,7H2,(H2,20,21,23). The predicted octanol–water partition coefficient (Wildman–Crippen LogP) is 3.10. The molecule has 4 nitrogen and oxygen atoms in total. The molecule has 0 radical (unpaired) electrons. The van der Waals surface area contributed by atoms with Gasteiger partial charge in [0.25, 0.3) is 0 Å². The summed E-state index contributed by atoms with van der Waals surface area (Å²) in [5.74, 6) is -3.92. The molecule has 0 spiro atoms. The zero-order valence-corrected chi connectivity index (χ0v) is 11.6. The summed E-state index contributed by atoms with van der Waals surface area (Å²) in [6.45, 7) is -0.556. The summed E-state index contributed by atoms with van der Waals surface area (Å²) in [6, 6.07) is 5.02. The van der Waals surface area contributed by atoms with E-state index in [1.165, 1.54) is 0 Å². The number of aliphatic hydroxyl groups excluding tert-OH is 1. The van der Waals surface area contributed by atoms with E-state index in [2.05, 4.69) is 5.32 Å². The molecule has 3 N–H and O–H groups in total. The first-order valence-electron chi connectivity index (χ1n) is 6.51. The fourth-order valence-corrected chi connectivity index (χ4v) is 1.90. The number of anilines is 1. The number of hydrogen-bond acceptors (Lipinski definition) is 2. The van der Waals surface area contributed by atoms with Crippen LogP contribution in [0.2, 0.25) is 0 Å². The van der Waals surface area contributed by atoms with Gasteiger partial charge in [-0.05, 0) is 24.3 Å². The number of para-hydroxylation sites is 1. The van der Waals surface area contributed by atoms with Crippen LogP contribution >= 0.6 is 0 Å². The maximum Gasteiger partial charge on any atom is 0.319 e. The van der Waals surface area contributed by atoms with Crippen LogP contribution in [-0.2, 0) is 0 Å². The quantitative estimate of drug-likeness (QED) is 0.755. The van der Waals surface area contributed by atoms with Crippen molar-refractivity contribution in [3.05, 3.63) is 65.2 Å². The van der Waals surface area contributed by atoms with E-state index in [9.17, 15) is 27.5 Å². The Bertz CT molecular complexity index is 684. The van der Waals surface area contributed by atoms with Crippen molar-refractivity contribution in [3.63, 3.8) is 0 Å². The number of aliphatic hydroxyl groups is 1. The number of carbonyl (C=O) groups excluding carboxylic acids is 1. The summed E-state index contributed by atoms with van der Waals surface area (Å²) >= 11 is 0. The van der Waals surface area contributed by atoms with Crippen molar-refractivity contribution in [1.82, 2.24) is 5.32 Å². The minimum absolute atomic E-state index is 0.556. The molecule has 2 aromatic rings. The Kier molecular flexibility index (Phi) is 5.17. The summed E-state index contributed by atoms with van der Waals surface area (Å²) in [4.78, 5) is 11.6. The fraction of sp³-hybridized carbons (Fsp3) is 0.133. The first-order valence-corrected chi connectivity index (χ1v) is 6.51. The van der Waals surface area contributed by atoms with Crippen LogP contribution in [0, 0.1) is 23.3 Å². The summed E-state index contributed by atoms with van der Waals surface area (Å²) in [5, 5.41) is 13.7. The lowest BCUT2D eigenvalue weighted by atomic mass is 10.1. The van der Waals surface area contributed by atoms with Crippen molar-refractivity contribution in [2.45, 2.75) is 6.10 Å². The average Bonchev–Trinajstić information content (AvgIpc) is 2.49. The third-order valence-electron chi connectivity index (χ3n) is 2.99. The van der Waals surface area contributed by atoms with Crippen LogP contribution in [0.15, 0.2) is 36.4 Å². The second-order valence-corrected chi connectivity index (χ2v) is 4.58. The molecule has 2 rings (SSSR count). The Morgan fingerprint density at radius 1 is 0.957 bits per heavy atom. The van der Waals surface area contributed by atoms with E-state index in [-0.39, 0.29) is 0 Å². The lowest BCUT2D eigenvalue weighted by molar-refractivity contribution is 0.166. The minimum atomic E-state index is -1.66. The molecule has 8 heteroatoms. The summed E-state index contributed by atoms with van der Waals surface area (Å²) in [5.41, 5.74) is -1.28. The second kappa shape index (κ2) is 7.10. The van der Waals surface area contributed by atoms with Crippen molar-refractivity contribution < 1.29 is 27.5 Å². The highest BCUT2D eigenvalue weighted by Crippen LogP contribution is 2.20. The molecule has 0 saturated heterocycles. The summed E-state index contributed by atoms with van der Waals surface area (Å²) in [7, 11) is 0. The van der Waals surface area contributed by atoms with Gasteiger partial charge in [-0.15, -0.1) is 0 Å². The monoisotopic (exact) mass is 328 g/mol. The molecule has 0 aliphatic rings. The number of carbonyl (C=O) groups is 1. The molecule has 0 bridgehead atoms. The highest BCUT2D eigenvalue weighted by Gasteiger charge is 2.19. The zero-order valence-electron chi connectivity index (χ0n) is 11.6. The first-order chi connectivity index (χ1) is 10.9. The molecule has 0 aliphatic carbocycles. The van der Waals surface area contributed by atoms with Gasteiger partial charge in [-0.3, -0.25) is 0 Å². The maximum absolute atomic E-state index is 13.5. The molecule has 0 aromatic heterocycles. The predicted molar refractivity (Wildman–Crippen MR) is 74.7 cm³/mol. The van der Waals surface area contributed by atoms with Crippen LogP contribution in [0.25, 0.3) is 0 Å². The van der Waals surface area contributed by atoms with Crippen molar-refractivity contribution in [2.24, 2.45) is 0 Å². The Hall–Kier alpha value is -2.61. The Morgan fingerprint density at radius 2 is 1.43 bits per heavy atom. The molecule has 2 amide bonds. The Balaban J connectivity index is 1.99. The molecule has 0 aliphatic heterocycles. The van der Waals surface area contributed by atoms with Crippen molar-refractivity contribution in [2.75, 3.05) is 11.9 Å². The van der Waals surface area contributed by atoms with Crippen LogP contribution < -0.4 is 10.6 Å². The smallest absolute Gasteiger partial charge is 0.319 e. The van der Waals surface area contributed by atoms with E-state index < -0.39 is 53.2 Å². The van der Waals surface area contributed by atoms with Crippen LogP contribution in [0.5, 0.6) is 0 Å². The third kappa shape index (κ3) is 3.98. The molecule has 0 saturated carbocycles. The van der Waals surface area contributed by atoms with Gasteiger partial charge in [0.05, 0.1) is 5.56 Å². The average molecular weight is 328 g/mol. The number of urea groups is 1. The molecular formula is C15H12F4N2O2.